The summed E-state index contributed by atoms with van der Waals surface area (Å²) in [5.74, 6) is 0.610. The van der Waals surface area contributed by atoms with Gasteiger partial charge in [0, 0.05) is 10.4 Å². The van der Waals surface area contributed by atoms with Gasteiger partial charge < -0.3 is 10.4 Å². The second-order valence-corrected chi connectivity index (χ2v) is 5.00. The van der Waals surface area contributed by atoms with E-state index < -0.39 is 6.10 Å². The Morgan fingerprint density at radius 3 is 2.80 bits per heavy atom. The average molecular weight is 248 g/mol. The molecule has 86 valence electrons. The Kier molecular flexibility index (Phi) is 6.41. The average Bonchev–Trinajstić information content (AvgIpc) is 2.27. The Bertz CT molecular complexity index is 227. The number of aliphatic hydroxyl groups excluding tert-OH is 1. The third-order valence-corrected chi connectivity index (χ3v) is 3.86. The first-order valence-electron chi connectivity index (χ1n) is 5.24. The predicted octanol–water partition coefficient (Wildman–Crippen LogP) is 2.69. The highest BCUT2D eigenvalue weighted by molar-refractivity contribution is 8.05. The largest absolute Gasteiger partial charge is 0.388 e. The highest BCUT2D eigenvalue weighted by Crippen LogP contribution is 2.27. The minimum absolute atomic E-state index is 0.436. The smallest absolute Gasteiger partial charge is 0.0863 e. The molecule has 1 rings (SSSR count). The van der Waals surface area contributed by atoms with Crippen molar-refractivity contribution in [3.63, 3.8) is 0 Å². The van der Waals surface area contributed by atoms with Gasteiger partial charge in [0.05, 0.1) is 6.10 Å². The van der Waals surface area contributed by atoms with Gasteiger partial charge in [-0.3, -0.25) is 0 Å². The summed E-state index contributed by atoms with van der Waals surface area (Å²) >= 11 is 7.06. The van der Waals surface area contributed by atoms with Gasteiger partial charge >= 0.3 is 0 Å². The van der Waals surface area contributed by atoms with E-state index in [1.165, 1.54) is 17.3 Å². The summed E-state index contributed by atoms with van der Waals surface area (Å²) in [5, 5.41) is 15.0. The van der Waals surface area contributed by atoms with Gasteiger partial charge in [-0.05, 0) is 43.7 Å². The quantitative estimate of drug-likeness (QED) is 0.784. The lowest BCUT2D eigenvalue weighted by Gasteiger charge is -2.25. The van der Waals surface area contributed by atoms with E-state index in [0.717, 1.165) is 37.3 Å². The van der Waals surface area contributed by atoms with Crippen LogP contribution in [0.25, 0.3) is 0 Å². The van der Waals surface area contributed by atoms with Gasteiger partial charge in [0.25, 0.3) is 0 Å². The number of aliphatic hydroxyl groups is 1. The second-order valence-electron chi connectivity index (χ2n) is 3.74. The molecule has 1 aliphatic rings. The van der Waals surface area contributed by atoms with Crippen molar-refractivity contribution < 1.29 is 5.11 Å². The number of hydrogen-bond acceptors (Lipinski definition) is 3. The molecule has 1 atom stereocenters. The van der Waals surface area contributed by atoms with Crippen molar-refractivity contribution in [2.45, 2.75) is 25.4 Å². The van der Waals surface area contributed by atoms with E-state index in [2.05, 4.69) is 11.9 Å². The van der Waals surface area contributed by atoms with E-state index in [0.29, 0.717) is 5.92 Å². The van der Waals surface area contributed by atoms with E-state index in [-0.39, 0.29) is 0 Å². The maximum Gasteiger partial charge on any atom is 0.0863 e. The molecule has 0 radical (unpaired) electrons. The van der Waals surface area contributed by atoms with Gasteiger partial charge in [0.15, 0.2) is 0 Å². The van der Waals surface area contributed by atoms with Crippen LogP contribution in [0.3, 0.4) is 0 Å². The van der Waals surface area contributed by atoms with E-state index in [4.69, 9.17) is 11.6 Å². The van der Waals surface area contributed by atoms with Gasteiger partial charge in [0.1, 0.15) is 0 Å². The zero-order chi connectivity index (χ0) is 11.1. The van der Waals surface area contributed by atoms with Crippen LogP contribution in [0.2, 0.25) is 0 Å². The lowest BCUT2D eigenvalue weighted by Crippen LogP contribution is -2.29. The highest BCUT2D eigenvalue weighted by atomic mass is 35.5. The van der Waals surface area contributed by atoms with Crippen molar-refractivity contribution in [1.82, 2.24) is 5.32 Å². The molecule has 0 bridgehead atoms. The fourth-order valence-corrected chi connectivity index (χ4v) is 2.62. The third-order valence-electron chi connectivity index (χ3n) is 2.67. The van der Waals surface area contributed by atoms with Crippen molar-refractivity contribution in [3.05, 3.63) is 22.4 Å². The SMILES string of the molecule is C=CS/C(=C/Cl)C(O)CC1CCNCC1. The highest BCUT2D eigenvalue weighted by Gasteiger charge is 2.19. The van der Waals surface area contributed by atoms with Gasteiger partial charge in [-0.1, -0.05) is 29.9 Å². The van der Waals surface area contributed by atoms with Crippen LogP contribution in [0.5, 0.6) is 0 Å². The molecule has 4 heteroatoms. The molecule has 0 aromatic rings. The van der Waals surface area contributed by atoms with Crippen LogP contribution >= 0.6 is 23.4 Å². The van der Waals surface area contributed by atoms with Crippen LogP contribution in [-0.2, 0) is 0 Å². The maximum atomic E-state index is 9.95. The first kappa shape index (κ1) is 13.1. The van der Waals surface area contributed by atoms with E-state index >= 15 is 0 Å². The van der Waals surface area contributed by atoms with Crippen LogP contribution in [-0.4, -0.2) is 24.3 Å². The van der Waals surface area contributed by atoms with Gasteiger partial charge in [0.2, 0.25) is 0 Å². The van der Waals surface area contributed by atoms with Gasteiger partial charge in [-0.25, -0.2) is 0 Å². The summed E-state index contributed by atoms with van der Waals surface area (Å²) < 4.78 is 0. The lowest BCUT2D eigenvalue weighted by molar-refractivity contribution is 0.170. The van der Waals surface area contributed by atoms with Crippen molar-refractivity contribution in [2.24, 2.45) is 5.92 Å². The number of nitrogens with one attached hydrogen (secondary N) is 1. The molecule has 1 heterocycles. The van der Waals surface area contributed by atoms with Crippen molar-refractivity contribution in [1.29, 1.82) is 0 Å². The Morgan fingerprint density at radius 2 is 2.27 bits per heavy atom. The van der Waals surface area contributed by atoms with E-state index in [1.807, 2.05) is 0 Å². The van der Waals surface area contributed by atoms with E-state index in [9.17, 15) is 5.11 Å². The lowest BCUT2D eigenvalue weighted by atomic mass is 9.92. The first-order chi connectivity index (χ1) is 7.27. The number of piperidine rings is 1. The molecule has 2 N–H and O–H groups in total. The molecule has 0 amide bonds. The van der Waals surface area contributed by atoms with Crippen LogP contribution in [0.15, 0.2) is 22.4 Å². The van der Waals surface area contributed by atoms with Crippen LogP contribution in [0.4, 0.5) is 0 Å². The maximum absolute atomic E-state index is 9.95. The van der Waals surface area contributed by atoms with Gasteiger partial charge in [-0.15, -0.1) is 0 Å². The Balaban J connectivity index is 2.38. The molecule has 0 spiro atoms. The number of halogens is 1. The Labute approximate surface area is 101 Å². The molecule has 15 heavy (non-hydrogen) atoms. The zero-order valence-corrected chi connectivity index (χ0v) is 10.4. The topological polar surface area (TPSA) is 32.3 Å². The predicted molar refractivity (Wildman–Crippen MR) is 67.9 cm³/mol. The second kappa shape index (κ2) is 7.34. The summed E-state index contributed by atoms with van der Waals surface area (Å²) in [4.78, 5) is 0.796. The molecule has 0 aromatic heterocycles. The third kappa shape index (κ3) is 4.60. The summed E-state index contributed by atoms with van der Waals surface area (Å²) in [6, 6.07) is 0. The zero-order valence-electron chi connectivity index (χ0n) is 8.79. The van der Waals surface area contributed by atoms with Crippen molar-refractivity contribution in [2.75, 3.05) is 13.1 Å². The molecular weight excluding hydrogens is 230 g/mol. The van der Waals surface area contributed by atoms with E-state index in [1.54, 1.807) is 5.41 Å². The Hall–Kier alpha value is 0.0400. The minimum atomic E-state index is -0.436. The number of hydrogen-bond donors (Lipinski definition) is 2. The molecule has 1 saturated heterocycles. The fraction of sp³-hybridized carbons (Fsp3) is 0.636. The molecule has 1 unspecified atom stereocenters. The first-order valence-corrected chi connectivity index (χ1v) is 6.56. The molecule has 1 fully saturated rings. The Morgan fingerprint density at radius 1 is 1.60 bits per heavy atom. The standard InChI is InChI=1S/C11H18ClNOS/c1-2-15-11(8-12)10(14)7-9-3-5-13-6-4-9/h2,8-10,13-14H,1,3-7H2/b11-8+. The minimum Gasteiger partial charge on any atom is -0.388 e. The van der Waals surface area contributed by atoms with Crippen LogP contribution in [0.1, 0.15) is 19.3 Å². The summed E-state index contributed by atoms with van der Waals surface area (Å²) in [5.41, 5.74) is 1.46. The van der Waals surface area contributed by atoms with Crippen LogP contribution in [0, 0.1) is 5.92 Å². The molecular formula is C11H18ClNOS. The molecule has 2 nitrogen and oxygen atoms in total. The molecule has 0 aliphatic carbocycles. The number of rotatable bonds is 5. The monoisotopic (exact) mass is 247 g/mol. The van der Waals surface area contributed by atoms with Crippen molar-refractivity contribution >= 4 is 23.4 Å². The molecule has 0 aromatic carbocycles. The molecule has 1 aliphatic heterocycles. The fourth-order valence-electron chi connectivity index (χ4n) is 1.82. The van der Waals surface area contributed by atoms with Crippen molar-refractivity contribution in [3.8, 4) is 0 Å². The van der Waals surface area contributed by atoms with Gasteiger partial charge in [-0.2, -0.15) is 0 Å². The molecule has 0 saturated carbocycles. The summed E-state index contributed by atoms with van der Waals surface area (Å²) in [7, 11) is 0. The number of thioether (sulfide) groups is 1. The summed E-state index contributed by atoms with van der Waals surface area (Å²) in [6.45, 7) is 5.74. The normalized spacial score (nSPS) is 21.3. The van der Waals surface area contributed by atoms with Crippen LogP contribution < -0.4 is 5.32 Å². The summed E-state index contributed by atoms with van der Waals surface area (Å²) in [6.07, 6.45) is 2.66.